The Balaban J connectivity index is 0.00000580. The normalized spacial score (nSPS) is 25.9. The topological polar surface area (TPSA) is 276 Å². The number of imide groups is 1. The molecule has 8 N–H and O–H groups in total. The highest BCUT2D eigenvalue weighted by Gasteiger charge is 2.49. The standard InChI is InChI=1S/C37H40N4O13.ClH/c1-17-32(47)21(38)12-27(53-17)54-22-14-37(52,23(16-43)39-40-24(44)8-3-2-4-11-41-25(45)9-10-26(41)46)13-20-29(22)36(51)31-30(34(20)49)33(48)19-7-5-6-18(15-42)28(19)35(31)50;/h5-7,9-10,15,17,21-22,27,32,43,47,49,51-52H,2-4,8,11-14,16,38H2,1H3,(H,40,44);1H/b39-23+;/t17?,21?,22-,27?,32?,37?;/m0./s1. The number of hydrogen-bond donors (Lipinski definition) is 7. The van der Waals surface area contributed by atoms with Crippen molar-refractivity contribution in [2.45, 2.75) is 88.1 Å². The van der Waals surface area contributed by atoms with Crippen molar-refractivity contribution in [2.75, 3.05) is 13.2 Å². The lowest BCUT2D eigenvalue weighted by Gasteiger charge is -2.43. The molecule has 4 aliphatic rings. The molecule has 0 saturated carbocycles. The van der Waals surface area contributed by atoms with Crippen LogP contribution in [-0.4, -0.2) is 115 Å². The Morgan fingerprint density at radius 2 is 1.76 bits per heavy atom. The van der Waals surface area contributed by atoms with Crippen LogP contribution in [0.25, 0.3) is 0 Å². The zero-order valence-electron chi connectivity index (χ0n) is 29.6. The molecule has 0 bridgehead atoms. The fourth-order valence-corrected chi connectivity index (χ4v) is 7.45. The Kier molecular flexibility index (Phi) is 12.4. The maximum atomic E-state index is 13.9. The molecule has 3 amide bonds. The van der Waals surface area contributed by atoms with E-state index >= 15 is 0 Å². The van der Waals surface area contributed by atoms with Crippen LogP contribution in [0.4, 0.5) is 0 Å². The second kappa shape index (κ2) is 16.5. The van der Waals surface area contributed by atoms with E-state index in [0.29, 0.717) is 25.5 Å². The van der Waals surface area contributed by atoms with Crippen LogP contribution in [0, 0.1) is 0 Å². The van der Waals surface area contributed by atoms with Gasteiger partial charge in [-0.1, -0.05) is 24.6 Å². The van der Waals surface area contributed by atoms with Gasteiger partial charge in [0, 0.05) is 78.2 Å². The predicted octanol–water partition coefficient (Wildman–Crippen LogP) is 0.616. The average Bonchev–Trinajstić information content (AvgIpc) is 3.46. The second-order valence-corrected chi connectivity index (χ2v) is 13.8. The number of aldehydes is 1. The van der Waals surface area contributed by atoms with E-state index in [1.165, 1.54) is 30.4 Å². The molecule has 6 atom stereocenters. The number of fused-ring (bicyclic) bond motifs is 3. The number of unbranched alkanes of at least 4 members (excludes halogenated alkanes) is 2. The number of phenols is 2. The van der Waals surface area contributed by atoms with Crippen LogP contribution in [0.5, 0.6) is 11.5 Å². The number of aliphatic hydroxyl groups is 3. The Morgan fingerprint density at radius 1 is 1.07 bits per heavy atom. The molecule has 294 valence electrons. The summed E-state index contributed by atoms with van der Waals surface area (Å²) < 4.78 is 12.0. The molecule has 6 rings (SSSR count). The zero-order valence-corrected chi connectivity index (χ0v) is 30.4. The number of carbonyl (C=O) groups is 6. The number of phenolic OH excluding ortho intramolecular Hbond substituents is 2. The van der Waals surface area contributed by atoms with Gasteiger partial charge in [-0.05, 0) is 19.8 Å². The summed E-state index contributed by atoms with van der Waals surface area (Å²) in [6, 6.07) is 3.22. The Morgan fingerprint density at radius 3 is 2.42 bits per heavy atom. The van der Waals surface area contributed by atoms with Gasteiger partial charge in [0.1, 0.15) is 17.1 Å². The first-order valence-electron chi connectivity index (χ1n) is 17.5. The molecular weight excluding hydrogens is 744 g/mol. The summed E-state index contributed by atoms with van der Waals surface area (Å²) in [5.41, 5.74) is 3.80. The number of amides is 3. The van der Waals surface area contributed by atoms with Crippen LogP contribution in [-0.2, 0) is 30.3 Å². The third kappa shape index (κ3) is 7.69. The van der Waals surface area contributed by atoms with Gasteiger partial charge in [-0.3, -0.25) is 33.7 Å². The lowest BCUT2D eigenvalue weighted by molar-refractivity contribution is -0.245. The highest BCUT2D eigenvalue weighted by molar-refractivity contribution is 6.32. The molecular formula is C37H41ClN4O13. The van der Waals surface area contributed by atoms with E-state index in [0.717, 1.165) is 4.90 Å². The summed E-state index contributed by atoms with van der Waals surface area (Å²) in [5.74, 6) is -4.64. The van der Waals surface area contributed by atoms with Crippen LogP contribution >= 0.6 is 12.4 Å². The fourth-order valence-electron chi connectivity index (χ4n) is 7.45. The highest BCUT2D eigenvalue weighted by atomic mass is 35.5. The minimum absolute atomic E-state index is 0. The number of carbonyl (C=O) groups excluding carboxylic acids is 6. The Bertz CT molecular complexity index is 1970. The highest BCUT2D eigenvalue weighted by Crippen LogP contribution is 2.52. The molecule has 5 unspecified atom stereocenters. The van der Waals surface area contributed by atoms with Crippen molar-refractivity contribution < 1.29 is 63.8 Å². The summed E-state index contributed by atoms with van der Waals surface area (Å²) in [4.78, 5) is 76.7. The minimum atomic E-state index is -2.19. The summed E-state index contributed by atoms with van der Waals surface area (Å²) in [5, 5.41) is 60.3. The summed E-state index contributed by atoms with van der Waals surface area (Å²) >= 11 is 0. The van der Waals surface area contributed by atoms with Gasteiger partial charge in [0.25, 0.3) is 11.8 Å². The lowest BCUT2D eigenvalue weighted by Crippen LogP contribution is -2.53. The second-order valence-electron chi connectivity index (χ2n) is 13.8. The monoisotopic (exact) mass is 784 g/mol. The molecule has 55 heavy (non-hydrogen) atoms. The lowest BCUT2D eigenvalue weighted by atomic mass is 9.71. The largest absolute Gasteiger partial charge is 0.507 e. The first-order chi connectivity index (χ1) is 25.7. The van der Waals surface area contributed by atoms with E-state index in [-0.39, 0.29) is 65.3 Å². The molecule has 0 radical (unpaired) electrons. The van der Waals surface area contributed by atoms with Crippen molar-refractivity contribution in [3.8, 4) is 11.5 Å². The van der Waals surface area contributed by atoms with Crippen molar-refractivity contribution in [1.29, 1.82) is 0 Å². The molecule has 17 nitrogen and oxygen atoms in total. The number of benzene rings is 2. The molecule has 18 heteroatoms. The fraction of sp³-hybridized carbons (Fsp3) is 0.432. The van der Waals surface area contributed by atoms with Crippen molar-refractivity contribution in [3.05, 3.63) is 69.3 Å². The molecule has 1 fully saturated rings. The number of ketones is 2. The number of halogens is 1. The van der Waals surface area contributed by atoms with Gasteiger partial charge in [-0.25, -0.2) is 5.43 Å². The molecule has 2 aromatic carbocycles. The molecule has 2 aliphatic carbocycles. The summed E-state index contributed by atoms with van der Waals surface area (Å²) in [6.45, 7) is 0.866. The van der Waals surface area contributed by atoms with Gasteiger partial charge >= 0.3 is 0 Å². The third-order valence-electron chi connectivity index (χ3n) is 10.3. The number of nitrogens with one attached hydrogen (secondary N) is 1. The number of ether oxygens (including phenoxy) is 2. The number of rotatable bonds is 12. The smallest absolute Gasteiger partial charge is 0.253 e. The zero-order chi connectivity index (χ0) is 39.1. The van der Waals surface area contributed by atoms with Gasteiger partial charge in [0.05, 0.1) is 41.8 Å². The number of hydrazone groups is 1. The van der Waals surface area contributed by atoms with E-state index in [2.05, 4.69) is 10.5 Å². The van der Waals surface area contributed by atoms with Gasteiger partial charge < -0.3 is 40.7 Å². The summed E-state index contributed by atoms with van der Waals surface area (Å²) in [6.07, 6.45) is -1.41. The predicted molar refractivity (Wildman–Crippen MR) is 193 cm³/mol. The van der Waals surface area contributed by atoms with E-state index in [1.54, 1.807) is 6.92 Å². The molecule has 2 heterocycles. The number of aromatic hydroxyl groups is 2. The quantitative estimate of drug-likeness (QED) is 0.0331. The van der Waals surface area contributed by atoms with E-state index in [9.17, 15) is 54.3 Å². The van der Waals surface area contributed by atoms with Crippen LogP contribution in [0.15, 0.2) is 35.5 Å². The molecule has 1 saturated heterocycles. The summed E-state index contributed by atoms with van der Waals surface area (Å²) in [7, 11) is 0. The third-order valence-corrected chi connectivity index (χ3v) is 10.3. The molecule has 0 spiro atoms. The number of hydrogen-bond acceptors (Lipinski definition) is 15. The van der Waals surface area contributed by atoms with Crippen molar-refractivity contribution in [3.63, 3.8) is 0 Å². The van der Waals surface area contributed by atoms with Gasteiger partial charge in [-0.15, -0.1) is 12.4 Å². The molecule has 2 aliphatic heterocycles. The van der Waals surface area contributed by atoms with Crippen molar-refractivity contribution in [2.24, 2.45) is 10.8 Å². The Labute approximate surface area is 320 Å². The van der Waals surface area contributed by atoms with Crippen molar-refractivity contribution >= 4 is 53.7 Å². The first kappa shape index (κ1) is 41.3. The maximum absolute atomic E-state index is 13.9. The SMILES string of the molecule is CC1OC(O[C@H]2CC(O)(/C(CO)=N/NC(=O)CCCCCN3C(=O)C=CC3=O)Cc3c(O)c4c(c(O)c32)C(=O)c2c(C=O)cccc2C4=O)CC(N)C1O.Cl. The van der Waals surface area contributed by atoms with Gasteiger partial charge in [0.15, 0.2) is 24.1 Å². The Hall–Kier alpha value is -4.88. The van der Waals surface area contributed by atoms with Crippen LogP contribution in [0.3, 0.4) is 0 Å². The molecule has 2 aromatic rings. The van der Waals surface area contributed by atoms with Crippen molar-refractivity contribution in [1.82, 2.24) is 10.3 Å². The minimum Gasteiger partial charge on any atom is -0.507 e. The number of nitrogens with zero attached hydrogens (tertiary/aromatic N) is 2. The maximum Gasteiger partial charge on any atom is 0.253 e. The number of nitrogens with two attached hydrogens (primary N) is 1. The van der Waals surface area contributed by atoms with E-state index in [4.69, 9.17) is 15.2 Å². The van der Waals surface area contributed by atoms with Crippen LogP contribution in [0.2, 0.25) is 0 Å². The van der Waals surface area contributed by atoms with E-state index < -0.39 is 108 Å². The van der Waals surface area contributed by atoms with E-state index in [1.807, 2.05) is 0 Å². The van der Waals surface area contributed by atoms with Crippen LogP contribution in [0.1, 0.15) is 105 Å². The number of aliphatic hydroxyl groups excluding tert-OH is 2. The first-order valence-corrected chi connectivity index (χ1v) is 17.5. The molecule has 0 aromatic heterocycles. The van der Waals surface area contributed by atoms with Gasteiger partial charge in [0.2, 0.25) is 5.91 Å². The van der Waals surface area contributed by atoms with Crippen LogP contribution < -0.4 is 11.2 Å². The van der Waals surface area contributed by atoms with Gasteiger partial charge in [-0.2, -0.15) is 5.10 Å². The average molecular weight is 785 g/mol.